The van der Waals surface area contributed by atoms with Gasteiger partial charge in [-0.2, -0.15) is 39.5 Å². The summed E-state index contributed by atoms with van der Waals surface area (Å²) in [4.78, 5) is 0. The molecule has 3 aromatic carbocycles. The summed E-state index contributed by atoms with van der Waals surface area (Å²) in [7, 11) is 1.39. The van der Waals surface area contributed by atoms with Crippen LogP contribution in [-0.2, 0) is 31.4 Å². The molecule has 200 valence electrons. The molecule has 0 aliphatic rings. The van der Waals surface area contributed by atoms with E-state index in [1.807, 2.05) is 13.8 Å². The van der Waals surface area contributed by atoms with E-state index in [9.17, 15) is 39.5 Å². The Balaban J connectivity index is 2.13. The van der Waals surface area contributed by atoms with Crippen molar-refractivity contribution in [2.24, 2.45) is 0 Å². The molecule has 0 atom stereocenters. The third-order valence-corrected chi connectivity index (χ3v) is 5.94. The van der Waals surface area contributed by atoms with Crippen molar-refractivity contribution < 1.29 is 44.3 Å². The third kappa shape index (κ3) is 6.78. The van der Waals surface area contributed by atoms with Crippen LogP contribution in [0, 0.1) is 0 Å². The van der Waals surface area contributed by atoms with Gasteiger partial charge in [-0.3, -0.25) is 0 Å². The SMILES string of the molecule is COc1ccc(C(C)C)cc1-c1ccc(C(F)(F)F)cc1CCc1cc(C(F)(F)F)cc(C(F)(F)F)c1. The highest BCUT2D eigenvalue weighted by molar-refractivity contribution is 5.75. The molecule has 0 saturated heterocycles. The van der Waals surface area contributed by atoms with Gasteiger partial charge in [0, 0.05) is 5.56 Å². The molecule has 3 aromatic rings. The summed E-state index contributed by atoms with van der Waals surface area (Å²) >= 11 is 0. The molecule has 0 amide bonds. The zero-order valence-electron chi connectivity index (χ0n) is 20.0. The molecular weight excluding hydrogens is 511 g/mol. The maximum absolute atomic E-state index is 13.5. The van der Waals surface area contributed by atoms with Crippen LogP contribution >= 0.6 is 0 Å². The van der Waals surface area contributed by atoms with Gasteiger partial charge in [0.25, 0.3) is 0 Å². The molecule has 10 heteroatoms. The molecule has 0 aromatic heterocycles. The Hall–Kier alpha value is -3.17. The van der Waals surface area contributed by atoms with Crippen molar-refractivity contribution in [3.8, 4) is 16.9 Å². The van der Waals surface area contributed by atoms with Gasteiger partial charge in [0.1, 0.15) is 5.75 Å². The van der Waals surface area contributed by atoms with Crippen molar-refractivity contribution in [1.29, 1.82) is 0 Å². The summed E-state index contributed by atoms with van der Waals surface area (Å²) in [6.45, 7) is 3.84. The molecule has 3 rings (SSSR count). The van der Waals surface area contributed by atoms with Gasteiger partial charge in [0.05, 0.1) is 23.8 Å². The molecule has 0 N–H and O–H groups in total. The number of rotatable bonds is 6. The number of ether oxygens (including phenoxy) is 1. The van der Waals surface area contributed by atoms with Crippen LogP contribution in [0.1, 0.15) is 53.1 Å². The Kier molecular flexibility index (Phi) is 7.91. The van der Waals surface area contributed by atoms with Gasteiger partial charge in [-0.1, -0.05) is 26.0 Å². The Labute approximate surface area is 207 Å². The number of benzene rings is 3. The Bertz CT molecular complexity index is 1220. The Morgan fingerprint density at radius 1 is 0.622 bits per heavy atom. The van der Waals surface area contributed by atoms with Crippen LogP contribution < -0.4 is 4.74 Å². The van der Waals surface area contributed by atoms with Gasteiger partial charge in [-0.25, -0.2) is 0 Å². The molecule has 0 saturated carbocycles. The highest BCUT2D eigenvalue weighted by Gasteiger charge is 2.37. The normalized spacial score (nSPS) is 12.8. The first-order chi connectivity index (χ1) is 17.0. The van der Waals surface area contributed by atoms with E-state index in [2.05, 4.69) is 0 Å². The fourth-order valence-corrected chi connectivity index (χ4v) is 3.98. The summed E-state index contributed by atoms with van der Waals surface area (Å²) in [6, 6.07) is 9.40. The highest BCUT2D eigenvalue weighted by Crippen LogP contribution is 2.40. The molecule has 0 spiro atoms. The average molecular weight is 534 g/mol. The average Bonchev–Trinajstić information content (AvgIpc) is 2.80. The van der Waals surface area contributed by atoms with Crippen molar-refractivity contribution in [3.63, 3.8) is 0 Å². The Morgan fingerprint density at radius 3 is 1.68 bits per heavy atom. The number of halogens is 9. The molecule has 0 bridgehead atoms. The molecule has 0 aliphatic carbocycles. The summed E-state index contributed by atoms with van der Waals surface area (Å²) in [5.74, 6) is 0.442. The molecule has 0 heterocycles. The molecule has 0 aliphatic heterocycles. The van der Waals surface area contributed by atoms with E-state index >= 15 is 0 Å². The maximum Gasteiger partial charge on any atom is 0.416 e. The molecule has 1 nitrogen and oxygen atoms in total. The van der Waals surface area contributed by atoms with Gasteiger partial charge in [-0.15, -0.1) is 0 Å². The lowest BCUT2D eigenvalue weighted by Crippen LogP contribution is -2.12. The van der Waals surface area contributed by atoms with Gasteiger partial charge in [-0.05, 0) is 83.5 Å². The van der Waals surface area contributed by atoms with Crippen LogP contribution in [0.3, 0.4) is 0 Å². The fraction of sp³-hybridized carbons (Fsp3) is 0.333. The van der Waals surface area contributed by atoms with Crippen molar-refractivity contribution in [2.75, 3.05) is 7.11 Å². The van der Waals surface area contributed by atoms with E-state index in [-0.39, 0.29) is 36.0 Å². The molecule has 0 fully saturated rings. The zero-order chi connectivity index (χ0) is 27.8. The van der Waals surface area contributed by atoms with E-state index in [0.717, 1.165) is 17.7 Å². The lowest BCUT2D eigenvalue weighted by Gasteiger charge is -2.18. The van der Waals surface area contributed by atoms with E-state index in [1.165, 1.54) is 13.2 Å². The fourth-order valence-electron chi connectivity index (χ4n) is 3.98. The number of hydrogen-bond donors (Lipinski definition) is 0. The van der Waals surface area contributed by atoms with Gasteiger partial charge < -0.3 is 4.74 Å². The number of methoxy groups -OCH3 is 1. The lowest BCUT2D eigenvalue weighted by atomic mass is 9.90. The maximum atomic E-state index is 13.5. The lowest BCUT2D eigenvalue weighted by molar-refractivity contribution is -0.143. The topological polar surface area (TPSA) is 9.23 Å². The largest absolute Gasteiger partial charge is 0.496 e. The van der Waals surface area contributed by atoms with Gasteiger partial charge >= 0.3 is 18.5 Å². The molecular formula is C27H23F9O. The van der Waals surface area contributed by atoms with Gasteiger partial charge in [0.15, 0.2) is 0 Å². The first-order valence-electron chi connectivity index (χ1n) is 11.2. The third-order valence-electron chi connectivity index (χ3n) is 5.94. The van der Waals surface area contributed by atoms with Crippen molar-refractivity contribution in [3.05, 3.63) is 88.0 Å². The zero-order valence-corrected chi connectivity index (χ0v) is 20.0. The van der Waals surface area contributed by atoms with E-state index in [4.69, 9.17) is 4.74 Å². The monoisotopic (exact) mass is 534 g/mol. The first kappa shape index (κ1) is 28.4. The van der Waals surface area contributed by atoms with Crippen LogP contribution in [0.25, 0.3) is 11.1 Å². The highest BCUT2D eigenvalue weighted by atomic mass is 19.4. The minimum Gasteiger partial charge on any atom is -0.496 e. The van der Waals surface area contributed by atoms with Crippen molar-refractivity contribution in [1.82, 2.24) is 0 Å². The first-order valence-corrected chi connectivity index (χ1v) is 11.2. The standard InChI is InChI=1S/C27H23F9O/c1-15(2)17-6-9-24(37-3)23(13-17)22-8-7-19(25(28,29)30)12-18(22)5-4-16-10-20(26(31,32)33)14-21(11-16)27(34,35)36/h6-15H,4-5H2,1-3H3. The minimum absolute atomic E-state index is 0.0154. The summed E-state index contributed by atoms with van der Waals surface area (Å²) in [5, 5.41) is 0. The Morgan fingerprint density at radius 2 is 1.19 bits per heavy atom. The quantitative estimate of drug-likeness (QED) is 0.287. The smallest absolute Gasteiger partial charge is 0.416 e. The second-order valence-corrected chi connectivity index (χ2v) is 8.90. The predicted molar refractivity (Wildman–Crippen MR) is 121 cm³/mol. The van der Waals surface area contributed by atoms with Crippen LogP contribution in [0.15, 0.2) is 54.6 Å². The van der Waals surface area contributed by atoms with E-state index in [1.54, 1.807) is 18.2 Å². The van der Waals surface area contributed by atoms with Crippen LogP contribution in [-0.4, -0.2) is 7.11 Å². The summed E-state index contributed by atoms with van der Waals surface area (Å²) in [6.07, 6.45) is -15.3. The summed E-state index contributed by atoms with van der Waals surface area (Å²) in [5.41, 5.74) is -2.44. The van der Waals surface area contributed by atoms with E-state index < -0.39 is 35.2 Å². The van der Waals surface area contributed by atoms with Crippen molar-refractivity contribution >= 4 is 0 Å². The van der Waals surface area contributed by atoms with Crippen LogP contribution in [0.5, 0.6) is 5.75 Å². The van der Waals surface area contributed by atoms with Gasteiger partial charge in [0.2, 0.25) is 0 Å². The number of alkyl halides is 9. The second-order valence-electron chi connectivity index (χ2n) is 8.90. The number of aryl methyl sites for hydroxylation is 2. The van der Waals surface area contributed by atoms with Crippen LogP contribution in [0.4, 0.5) is 39.5 Å². The molecule has 0 unspecified atom stereocenters. The second kappa shape index (κ2) is 10.3. The molecule has 0 radical (unpaired) electrons. The van der Waals surface area contributed by atoms with Crippen molar-refractivity contribution in [2.45, 2.75) is 51.1 Å². The number of hydrogen-bond acceptors (Lipinski definition) is 1. The summed E-state index contributed by atoms with van der Waals surface area (Å²) < 4.78 is 125. The minimum atomic E-state index is -5.03. The van der Waals surface area contributed by atoms with Crippen LogP contribution in [0.2, 0.25) is 0 Å². The predicted octanol–water partition coefficient (Wildman–Crippen LogP) is 9.33. The van der Waals surface area contributed by atoms with E-state index in [0.29, 0.717) is 29.0 Å². The molecule has 37 heavy (non-hydrogen) atoms.